The van der Waals surface area contributed by atoms with Gasteiger partial charge in [0.05, 0.1) is 5.69 Å². The van der Waals surface area contributed by atoms with Crippen molar-refractivity contribution in [2.75, 3.05) is 16.8 Å². The van der Waals surface area contributed by atoms with Crippen molar-refractivity contribution in [3.63, 3.8) is 0 Å². The summed E-state index contributed by atoms with van der Waals surface area (Å²) in [6.45, 7) is 0. The van der Waals surface area contributed by atoms with E-state index in [0.29, 0.717) is 17.2 Å². The maximum atomic E-state index is 12.9. The van der Waals surface area contributed by atoms with Gasteiger partial charge < -0.3 is 26.3 Å². The van der Waals surface area contributed by atoms with Gasteiger partial charge in [0.2, 0.25) is 0 Å². The van der Waals surface area contributed by atoms with Crippen molar-refractivity contribution in [2.24, 2.45) is 0 Å². The van der Waals surface area contributed by atoms with Crippen LogP contribution in [0, 0.1) is 0 Å². The minimum atomic E-state index is -3.63. The molecule has 0 amide bonds. The Morgan fingerprint density at radius 2 is 1.80 bits per heavy atom. The lowest BCUT2D eigenvalue weighted by atomic mass is 10.2. The van der Waals surface area contributed by atoms with Crippen molar-refractivity contribution in [2.45, 2.75) is 6.29 Å². The number of nitrogens with zero attached hydrogens (tertiary/aromatic N) is 1. The highest BCUT2D eigenvalue weighted by atomic mass is 19.3. The van der Waals surface area contributed by atoms with Crippen LogP contribution in [0.1, 0.15) is 0 Å². The first-order chi connectivity index (χ1) is 9.43. The van der Waals surface area contributed by atoms with Crippen molar-refractivity contribution < 1.29 is 18.3 Å². The molecule has 6 nitrogen and oxygen atoms in total. The van der Waals surface area contributed by atoms with Gasteiger partial charge in [-0.15, -0.1) is 8.78 Å². The third kappa shape index (κ3) is 2.22. The number of hydrogen-bond donors (Lipinski definition) is 3. The molecule has 8 heteroatoms. The van der Waals surface area contributed by atoms with Crippen LogP contribution >= 0.6 is 0 Å². The van der Waals surface area contributed by atoms with Gasteiger partial charge in [-0.05, 0) is 24.3 Å². The van der Waals surface area contributed by atoms with Crippen LogP contribution < -0.4 is 26.3 Å². The van der Waals surface area contributed by atoms with E-state index in [9.17, 15) is 8.78 Å². The Balaban J connectivity index is 1.84. The molecule has 1 aliphatic rings. The van der Waals surface area contributed by atoms with Gasteiger partial charge >= 0.3 is 6.29 Å². The number of hydrogen-bond acceptors (Lipinski definition) is 6. The molecule has 2 aromatic rings. The van der Waals surface area contributed by atoms with Crippen LogP contribution in [0.15, 0.2) is 30.3 Å². The SMILES string of the molecule is Nc1ccc(Nc2ccc3c(c2)OC(F)(F)O3)nc1N. The summed E-state index contributed by atoms with van der Waals surface area (Å²) in [5.41, 5.74) is 12.0. The molecule has 0 spiro atoms. The molecular weight excluding hydrogens is 270 g/mol. The fourth-order valence-electron chi connectivity index (χ4n) is 1.73. The van der Waals surface area contributed by atoms with E-state index in [4.69, 9.17) is 11.5 Å². The highest BCUT2D eigenvalue weighted by Crippen LogP contribution is 2.42. The summed E-state index contributed by atoms with van der Waals surface area (Å²) in [6, 6.07) is 7.51. The molecule has 5 N–H and O–H groups in total. The molecule has 1 aliphatic heterocycles. The molecule has 0 bridgehead atoms. The van der Waals surface area contributed by atoms with Crippen molar-refractivity contribution in [3.05, 3.63) is 30.3 Å². The van der Waals surface area contributed by atoms with Gasteiger partial charge in [0.15, 0.2) is 11.5 Å². The fraction of sp³-hybridized carbons (Fsp3) is 0.0833. The minimum absolute atomic E-state index is 0.0228. The molecule has 1 aromatic carbocycles. The molecule has 104 valence electrons. The summed E-state index contributed by atoms with van der Waals surface area (Å²) in [7, 11) is 0. The average molecular weight is 280 g/mol. The molecule has 2 heterocycles. The molecule has 0 saturated carbocycles. The minimum Gasteiger partial charge on any atom is -0.396 e. The van der Waals surface area contributed by atoms with Gasteiger partial charge in [0.1, 0.15) is 11.6 Å². The Hall–Kier alpha value is -2.77. The number of aromatic nitrogens is 1. The summed E-state index contributed by atoms with van der Waals surface area (Å²) in [5.74, 6) is 0.540. The van der Waals surface area contributed by atoms with Crippen LogP contribution in [0.2, 0.25) is 0 Å². The van der Waals surface area contributed by atoms with E-state index in [0.717, 1.165) is 0 Å². The quantitative estimate of drug-likeness (QED) is 0.781. The number of rotatable bonds is 2. The number of alkyl halides is 2. The van der Waals surface area contributed by atoms with Crippen molar-refractivity contribution in [1.82, 2.24) is 4.98 Å². The topological polar surface area (TPSA) is 95.4 Å². The number of pyridine rings is 1. The monoisotopic (exact) mass is 280 g/mol. The third-order valence-electron chi connectivity index (χ3n) is 2.63. The first kappa shape index (κ1) is 12.3. The Bertz CT molecular complexity index is 679. The van der Waals surface area contributed by atoms with Crippen LogP contribution in [0.4, 0.5) is 31.8 Å². The average Bonchev–Trinajstić information content (AvgIpc) is 2.67. The maximum Gasteiger partial charge on any atom is 0.586 e. The van der Waals surface area contributed by atoms with Gasteiger partial charge in [0, 0.05) is 11.8 Å². The molecule has 0 unspecified atom stereocenters. The largest absolute Gasteiger partial charge is 0.586 e. The van der Waals surface area contributed by atoms with E-state index in [2.05, 4.69) is 19.8 Å². The number of nitrogens with one attached hydrogen (secondary N) is 1. The standard InChI is InChI=1S/C12H10F2N4O2/c13-12(14)19-8-3-1-6(5-9(8)20-12)17-10-4-2-7(15)11(16)18-10/h1-5H,15H2,(H3,16,17,18). The van der Waals surface area contributed by atoms with Gasteiger partial charge in [-0.2, -0.15) is 0 Å². The summed E-state index contributed by atoms with van der Waals surface area (Å²) in [4.78, 5) is 4.01. The predicted octanol–water partition coefficient (Wildman–Crippen LogP) is 2.31. The van der Waals surface area contributed by atoms with E-state index in [-0.39, 0.29) is 17.3 Å². The Labute approximate surface area is 112 Å². The van der Waals surface area contributed by atoms with Crippen LogP contribution in [0.25, 0.3) is 0 Å². The molecule has 0 atom stereocenters. The Morgan fingerprint density at radius 3 is 2.55 bits per heavy atom. The number of halogens is 2. The summed E-state index contributed by atoms with van der Waals surface area (Å²) in [5, 5.41) is 2.90. The second-order valence-electron chi connectivity index (χ2n) is 4.12. The van der Waals surface area contributed by atoms with E-state index < -0.39 is 6.29 Å². The number of fused-ring (bicyclic) bond motifs is 1. The van der Waals surface area contributed by atoms with Gasteiger partial charge in [-0.3, -0.25) is 0 Å². The molecule has 0 fully saturated rings. The normalized spacial score (nSPS) is 15.1. The zero-order valence-corrected chi connectivity index (χ0v) is 10.1. The molecule has 20 heavy (non-hydrogen) atoms. The zero-order valence-electron chi connectivity index (χ0n) is 10.1. The molecule has 0 aliphatic carbocycles. The third-order valence-corrected chi connectivity index (χ3v) is 2.63. The lowest BCUT2D eigenvalue weighted by molar-refractivity contribution is -0.286. The second-order valence-corrected chi connectivity index (χ2v) is 4.12. The van der Waals surface area contributed by atoms with Crippen LogP contribution in [0.5, 0.6) is 11.5 Å². The number of benzene rings is 1. The Morgan fingerprint density at radius 1 is 1.05 bits per heavy atom. The molecular formula is C12H10F2N4O2. The molecule has 0 saturated heterocycles. The van der Waals surface area contributed by atoms with Gasteiger partial charge in [-0.1, -0.05) is 0 Å². The van der Waals surface area contributed by atoms with Crippen LogP contribution in [-0.2, 0) is 0 Å². The number of ether oxygens (including phenoxy) is 2. The molecule has 3 rings (SSSR count). The lowest BCUT2D eigenvalue weighted by Gasteiger charge is -2.07. The van der Waals surface area contributed by atoms with E-state index in [1.807, 2.05) is 0 Å². The van der Waals surface area contributed by atoms with Crippen molar-refractivity contribution >= 4 is 23.0 Å². The van der Waals surface area contributed by atoms with E-state index >= 15 is 0 Å². The van der Waals surface area contributed by atoms with Gasteiger partial charge in [-0.25, -0.2) is 4.98 Å². The highest BCUT2D eigenvalue weighted by molar-refractivity contribution is 5.67. The van der Waals surface area contributed by atoms with Crippen LogP contribution in [-0.4, -0.2) is 11.3 Å². The van der Waals surface area contributed by atoms with Crippen molar-refractivity contribution in [1.29, 1.82) is 0 Å². The summed E-state index contributed by atoms with van der Waals surface area (Å²) < 4.78 is 34.4. The fourth-order valence-corrected chi connectivity index (χ4v) is 1.73. The highest BCUT2D eigenvalue weighted by Gasteiger charge is 2.43. The number of nitrogens with two attached hydrogens (primary N) is 2. The maximum absolute atomic E-state index is 12.9. The zero-order chi connectivity index (χ0) is 14.3. The summed E-state index contributed by atoms with van der Waals surface area (Å²) in [6.07, 6.45) is -3.63. The predicted molar refractivity (Wildman–Crippen MR) is 69.0 cm³/mol. The van der Waals surface area contributed by atoms with Crippen molar-refractivity contribution in [3.8, 4) is 11.5 Å². The first-order valence-corrected chi connectivity index (χ1v) is 5.62. The van der Waals surface area contributed by atoms with Gasteiger partial charge in [0.25, 0.3) is 0 Å². The second kappa shape index (κ2) is 4.12. The van der Waals surface area contributed by atoms with E-state index in [1.165, 1.54) is 12.1 Å². The number of nitrogen functional groups attached to an aromatic ring is 2. The first-order valence-electron chi connectivity index (χ1n) is 5.62. The smallest absolute Gasteiger partial charge is 0.396 e. The lowest BCUT2D eigenvalue weighted by Crippen LogP contribution is -2.25. The molecule has 0 radical (unpaired) electrons. The summed E-state index contributed by atoms with van der Waals surface area (Å²) >= 11 is 0. The molecule has 1 aromatic heterocycles. The van der Waals surface area contributed by atoms with E-state index in [1.54, 1.807) is 18.2 Å². The number of anilines is 4. The Kier molecular flexibility index (Phi) is 2.53. The van der Waals surface area contributed by atoms with Crippen LogP contribution in [0.3, 0.4) is 0 Å².